The van der Waals surface area contributed by atoms with Crippen molar-refractivity contribution in [1.82, 2.24) is 14.9 Å². The molecule has 0 unspecified atom stereocenters. The number of nitrogen functional groups attached to an aromatic ring is 1. The van der Waals surface area contributed by atoms with Crippen LogP contribution >= 0.6 is 15.9 Å². The maximum absolute atomic E-state index is 5.65. The smallest absolute Gasteiger partial charge is 0.263 e. The summed E-state index contributed by atoms with van der Waals surface area (Å²) < 4.78 is 2.36. The number of nitrogens with zero attached hydrogens (tertiary/aromatic N) is 4. The Bertz CT molecular complexity index is 536. The van der Waals surface area contributed by atoms with Crippen LogP contribution in [0.15, 0.2) is 33.8 Å². The number of nitrogens with one attached hydrogen (secondary N) is 1. The van der Waals surface area contributed by atoms with E-state index in [0.717, 1.165) is 10.0 Å². The van der Waals surface area contributed by atoms with E-state index >= 15 is 0 Å². The first-order chi connectivity index (χ1) is 8.16. The molecule has 0 fully saturated rings. The number of aryl methyl sites for hydroxylation is 1. The molecule has 0 bridgehead atoms. The monoisotopic (exact) mass is 329 g/mol. The fourth-order valence-corrected chi connectivity index (χ4v) is 1.42. The Morgan fingerprint density at radius 1 is 1.33 bits per heavy atom. The van der Waals surface area contributed by atoms with Crippen LogP contribution in [0.25, 0.3) is 0 Å². The molecule has 0 aliphatic heterocycles. The van der Waals surface area contributed by atoms with Gasteiger partial charge in [0.25, 0.3) is 5.95 Å². The number of nitrogens with two attached hydrogens (primary N) is 1. The van der Waals surface area contributed by atoms with E-state index in [1.165, 1.54) is 4.68 Å². The minimum atomic E-state index is 0. The summed E-state index contributed by atoms with van der Waals surface area (Å²) in [6.07, 6.45) is 1.68. The predicted molar refractivity (Wildman–Crippen MR) is 70.3 cm³/mol. The maximum atomic E-state index is 5.65. The van der Waals surface area contributed by atoms with Gasteiger partial charge in [0.15, 0.2) is 5.82 Å². The van der Waals surface area contributed by atoms with Gasteiger partial charge in [-0.25, -0.2) is 10.1 Å². The van der Waals surface area contributed by atoms with Crippen LogP contribution in [-0.2, 0) is 0 Å². The Hall–Kier alpha value is -1.60. The van der Waals surface area contributed by atoms with Crippen LogP contribution in [0.4, 0.5) is 5.95 Å². The zero-order valence-electron chi connectivity index (χ0n) is 9.51. The number of hydrogen-bond donors (Lipinski definition) is 2. The van der Waals surface area contributed by atoms with Crippen molar-refractivity contribution in [3.63, 3.8) is 0 Å². The van der Waals surface area contributed by atoms with Crippen LogP contribution in [0, 0.1) is 6.92 Å². The molecule has 0 aliphatic rings. The summed E-state index contributed by atoms with van der Waals surface area (Å²) in [7, 11) is 0. The maximum Gasteiger partial charge on any atom is 0.263 e. The van der Waals surface area contributed by atoms with Crippen molar-refractivity contribution >= 4 is 28.1 Å². The van der Waals surface area contributed by atoms with Gasteiger partial charge < -0.3 is 18.2 Å². The quantitative estimate of drug-likeness (QED) is 0.408. The van der Waals surface area contributed by atoms with Gasteiger partial charge in [-0.3, -0.25) is 0 Å². The predicted octanol–water partition coefficient (Wildman–Crippen LogP) is -1.49. The molecule has 0 saturated heterocycles. The van der Waals surface area contributed by atoms with Crippen molar-refractivity contribution < 1.29 is 12.4 Å². The molecular weight excluding hydrogens is 320 g/mol. The van der Waals surface area contributed by atoms with E-state index in [0.29, 0.717) is 11.8 Å². The highest BCUT2D eigenvalue weighted by Crippen LogP contribution is 2.09. The number of rotatable bonds is 3. The minimum absolute atomic E-state index is 0. The van der Waals surface area contributed by atoms with Crippen molar-refractivity contribution in [2.24, 2.45) is 5.10 Å². The topological polar surface area (TPSA) is 81.1 Å². The van der Waals surface area contributed by atoms with Crippen LogP contribution in [0.1, 0.15) is 11.4 Å². The number of hydrogen-bond acceptors (Lipinski definition) is 5. The van der Waals surface area contributed by atoms with Gasteiger partial charge in [-0.15, -0.1) is 10.2 Å². The number of hydrazone groups is 1. The zero-order valence-corrected chi connectivity index (χ0v) is 11.9. The van der Waals surface area contributed by atoms with E-state index in [1.54, 1.807) is 13.1 Å². The highest BCUT2D eigenvalue weighted by Gasteiger charge is 2.02. The first-order valence-corrected chi connectivity index (χ1v) is 5.68. The molecule has 0 amide bonds. The Morgan fingerprint density at radius 3 is 2.56 bits per heavy atom. The molecule has 0 saturated carbocycles. The lowest BCUT2D eigenvalue weighted by Gasteiger charge is -1.99. The molecule has 96 valence electrons. The Labute approximate surface area is 119 Å². The van der Waals surface area contributed by atoms with Crippen molar-refractivity contribution in [1.29, 1.82) is 0 Å². The molecule has 1 heterocycles. The summed E-state index contributed by atoms with van der Waals surface area (Å²) >= 11 is 3.36. The van der Waals surface area contributed by atoms with Gasteiger partial charge in [-0.2, -0.15) is 5.10 Å². The van der Waals surface area contributed by atoms with Gasteiger partial charge in [0.2, 0.25) is 0 Å². The van der Waals surface area contributed by atoms with Crippen molar-refractivity contribution in [2.75, 3.05) is 11.3 Å². The van der Waals surface area contributed by atoms with Crippen molar-refractivity contribution in [2.45, 2.75) is 6.92 Å². The average molecular weight is 331 g/mol. The minimum Gasteiger partial charge on any atom is -1.00 e. The third kappa shape index (κ3) is 3.44. The van der Waals surface area contributed by atoms with E-state index < -0.39 is 0 Å². The summed E-state index contributed by atoms with van der Waals surface area (Å²) in [4.78, 5) is 0. The summed E-state index contributed by atoms with van der Waals surface area (Å²) in [5.74, 6) is 6.67. The summed E-state index contributed by atoms with van der Waals surface area (Å²) in [5.41, 5.74) is 3.69. The Kier molecular flexibility index (Phi) is 5.11. The van der Waals surface area contributed by atoms with Gasteiger partial charge >= 0.3 is 0 Å². The highest BCUT2D eigenvalue weighted by molar-refractivity contribution is 9.10. The van der Waals surface area contributed by atoms with E-state index in [1.807, 2.05) is 24.3 Å². The molecule has 6 nitrogen and oxygen atoms in total. The third-order valence-corrected chi connectivity index (χ3v) is 2.64. The Morgan fingerprint density at radius 2 is 2.00 bits per heavy atom. The van der Waals surface area contributed by atoms with Crippen LogP contribution in [0.3, 0.4) is 0 Å². The molecule has 2 rings (SSSR count). The molecule has 18 heavy (non-hydrogen) atoms. The van der Waals surface area contributed by atoms with E-state index in [2.05, 4.69) is 36.7 Å². The number of aromatic nitrogens is 3. The number of halogens is 2. The van der Waals surface area contributed by atoms with Crippen LogP contribution in [0.2, 0.25) is 0 Å². The van der Waals surface area contributed by atoms with Crippen LogP contribution in [-0.4, -0.2) is 21.1 Å². The van der Waals surface area contributed by atoms with Crippen LogP contribution in [0.5, 0.6) is 0 Å². The van der Waals surface area contributed by atoms with Gasteiger partial charge in [0.1, 0.15) is 0 Å². The molecule has 3 N–H and O–H groups in total. The molecule has 0 radical (unpaired) electrons. The van der Waals surface area contributed by atoms with Gasteiger partial charge in [0, 0.05) is 4.47 Å². The molecular formula is C10H11BrClN6-. The SMILES string of the molecule is Cc1nnc(N/N=C/c2ccc(Br)cc2)n1N.[Cl-]. The second kappa shape index (κ2) is 6.36. The molecule has 0 atom stereocenters. The third-order valence-electron chi connectivity index (χ3n) is 2.11. The largest absolute Gasteiger partial charge is 1.00 e. The molecule has 0 aliphatic carbocycles. The lowest BCUT2D eigenvalue weighted by molar-refractivity contribution is -0.00000355. The van der Waals surface area contributed by atoms with E-state index in [-0.39, 0.29) is 12.4 Å². The highest BCUT2D eigenvalue weighted by atomic mass is 79.9. The number of benzene rings is 1. The van der Waals surface area contributed by atoms with Crippen molar-refractivity contribution in [3.05, 3.63) is 40.1 Å². The first-order valence-electron chi connectivity index (χ1n) is 4.88. The van der Waals surface area contributed by atoms with Gasteiger partial charge in [0.05, 0.1) is 6.21 Å². The summed E-state index contributed by atoms with van der Waals surface area (Å²) in [6, 6.07) is 7.76. The standard InChI is InChI=1S/C10H11BrN6.ClH/c1-7-14-16-10(17(7)12)15-13-6-8-2-4-9(11)5-3-8;/h2-6H,12H2,1H3,(H,15,16);1H/p-1/b13-6+;. The summed E-state index contributed by atoms with van der Waals surface area (Å²) in [6.45, 7) is 1.76. The molecule has 0 spiro atoms. The average Bonchev–Trinajstić information content (AvgIpc) is 2.64. The Balaban J connectivity index is 0.00000162. The van der Waals surface area contributed by atoms with Gasteiger partial charge in [-0.05, 0) is 24.6 Å². The first kappa shape index (κ1) is 14.5. The lowest BCUT2D eigenvalue weighted by atomic mass is 10.2. The molecule has 1 aromatic carbocycles. The molecule has 2 aromatic rings. The molecule has 1 aromatic heterocycles. The number of anilines is 1. The lowest BCUT2D eigenvalue weighted by Crippen LogP contribution is -3.00. The van der Waals surface area contributed by atoms with Crippen LogP contribution < -0.4 is 23.7 Å². The van der Waals surface area contributed by atoms with Crippen molar-refractivity contribution in [3.8, 4) is 0 Å². The second-order valence-corrected chi connectivity index (χ2v) is 4.28. The summed E-state index contributed by atoms with van der Waals surface area (Å²) in [5, 5.41) is 11.6. The van der Waals surface area contributed by atoms with E-state index in [9.17, 15) is 0 Å². The fourth-order valence-electron chi connectivity index (χ4n) is 1.16. The van der Waals surface area contributed by atoms with E-state index in [4.69, 9.17) is 5.84 Å². The normalized spacial score (nSPS) is 10.3. The zero-order chi connectivity index (χ0) is 12.3. The van der Waals surface area contributed by atoms with Gasteiger partial charge in [-0.1, -0.05) is 28.1 Å². The molecule has 8 heteroatoms. The second-order valence-electron chi connectivity index (χ2n) is 3.36. The fraction of sp³-hybridized carbons (Fsp3) is 0.100.